The number of oxazole rings is 1. The van der Waals surface area contributed by atoms with Crippen molar-refractivity contribution in [3.05, 3.63) is 54.2 Å². The maximum absolute atomic E-state index is 13.9. The molecule has 3 rings (SSSR count). The van der Waals surface area contributed by atoms with Crippen molar-refractivity contribution in [2.24, 2.45) is 0 Å². The van der Waals surface area contributed by atoms with Gasteiger partial charge < -0.3 is 13.7 Å². The summed E-state index contributed by atoms with van der Waals surface area (Å²) in [5, 5.41) is 0. The van der Waals surface area contributed by atoms with E-state index < -0.39 is 5.82 Å². The monoisotopic (exact) mass is 287 g/mol. The van der Waals surface area contributed by atoms with Crippen LogP contribution in [-0.2, 0) is 6.54 Å². The Labute approximate surface area is 121 Å². The summed E-state index contributed by atoms with van der Waals surface area (Å²) in [6.45, 7) is 2.34. The number of methoxy groups -OCH3 is 1. The van der Waals surface area contributed by atoms with Gasteiger partial charge in [-0.3, -0.25) is 0 Å². The molecule has 0 spiro atoms. The molecule has 0 aliphatic rings. The van der Waals surface area contributed by atoms with Crippen molar-refractivity contribution in [2.75, 3.05) is 7.11 Å². The van der Waals surface area contributed by atoms with Gasteiger partial charge in [0.1, 0.15) is 23.0 Å². The van der Waals surface area contributed by atoms with Gasteiger partial charge in [-0.15, -0.1) is 0 Å². The minimum atomic E-state index is -0.397. The summed E-state index contributed by atoms with van der Waals surface area (Å²) in [5.74, 6) is 1.06. The van der Waals surface area contributed by atoms with Crippen molar-refractivity contribution in [1.82, 2.24) is 14.5 Å². The fourth-order valence-corrected chi connectivity index (χ4v) is 2.04. The highest BCUT2D eigenvalue weighted by Gasteiger charge is 2.16. The summed E-state index contributed by atoms with van der Waals surface area (Å²) in [6.07, 6.45) is 5.22. The molecule has 3 aromatic rings. The minimum absolute atomic E-state index is 0.249. The van der Waals surface area contributed by atoms with Crippen LogP contribution in [0.1, 0.15) is 11.5 Å². The Morgan fingerprint density at radius 3 is 2.95 bits per heavy atom. The first-order valence-corrected chi connectivity index (χ1v) is 6.43. The predicted molar refractivity (Wildman–Crippen MR) is 74.5 cm³/mol. The van der Waals surface area contributed by atoms with Crippen LogP contribution in [0.3, 0.4) is 0 Å². The maximum Gasteiger partial charge on any atom is 0.229 e. The van der Waals surface area contributed by atoms with Crippen LogP contribution in [0.5, 0.6) is 5.75 Å². The number of nitrogens with zero attached hydrogens (tertiary/aromatic N) is 3. The van der Waals surface area contributed by atoms with E-state index in [4.69, 9.17) is 9.15 Å². The highest BCUT2D eigenvalue weighted by atomic mass is 19.1. The lowest BCUT2D eigenvalue weighted by Crippen LogP contribution is -1.98. The molecule has 5 nitrogen and oxygen atoms in total. The number of benzene rings is 1. The largest absolute Gasteiger partial charge is 0.497 e. The molecule has 2 aromatic heterocycles. The Hall–Kier alpha value is -2.63. The number of aryl methyl sites for hydroxylation is 1. The van der Waals surface area contributed by atoms with E-state index in [1.165, 1.54) is 13.2 Å². The summed E-state index contributed by atoms with van der Waals surface area (Å²) < 4.78 is 26.5. The lowest BCUT2D eigenvalue weighted by atomic mass is 10.2. The van der Waals surface area contributed by atoms with Crippen LogP contribution in [0.25, 0.3) is 11.5 Å². The van der Waals surface area contributed by atoms with E-state index in [0.29, 0.717) is 18.1 Å². The molecule has 0 radical (unpaired) electrons. The normalized spacial score (nSPS) is 10.8. The van der Waals surface area contributed by atoms with E-state index in [1.54, 1.807) is 31.6 Å². The highest BCUT2D eigenvalue weighted by molar-refractivity contribution is 5.57. The van der Waals surface area contributed by atoms with E-state index in [0.717, 1.165) is 5.69 Å². The fourth-order valence-electron chi connectivity index (χ4n) is 2.04. The molecule has 0 unspecified atom stereocenters. The van der Waals surface area contributed by atoms with Crippen molar-refractivity contribution in [3.63, 3.8) is 0 Å². The third kappa shape index (κ3) is 2.65. The Morgan fingerprint density at radius 1 is 1.38 bits per heavy atom. The summed E-state index contributed by atoms with van der Waals surface area (Å²) in [7, 11) is 1.53. The van der Waals surface area contributed by atoms with Gasteiger partial charge in [0.05, 0.1) is 25.5 Å². The number of imidazole rings is 1. The third-order valence-electron chi connectivity index (χ3n) is 3.19. The summed E-state index contributed by atoms with van der Waals surface area (Å²) in [5.41, 5.74) is 1.03. The van der Waals surface area contributed by atoms with Gasteiger partial charge in [-0.05, 0) is 25.1 Å². The number of aromatic nitrogens is 3. The molecule has 0 amide bonds. The van der Waals surface area contributed by atoms with Crippen LogP contribution in [0.15, 0.2) is 41.3 Å². The van der Waals surface area contributed by atoms with Crippen molar-refractivity contribution < 1.29 is 13.5 Å². The second-order valence-electron chi connectivity index (χ2n) is 4.60. The lowest BCUT2D eigenvalue weighted by molar-refractivity contribution is 0.413. The van der Waals surface area contributed by atoms with E-state index in [1.807, 2.05) is 10.8 Å². The van der Waals surface area contributed by atoms with E-state index in [9.17, 15) is 4.39 Å². The van der Waals surface area contributed by atoms with Gasteiger partial charge >= 0.3 is 0 Å². The first-order chi connectivity index (χ1) is 10.2. The van der Waals surface area contributed by atoms with Gasteiger partial charge in [-0.2, -0.15) is 0 Å². The van der Waals surface area contributed by atoms with Gasteiger partial charge in [0, 0.05) is 12.4 Å². The number of halogens is 1. The molecule has 0 atom stereocenters. The Bertz CT molecular complexity index is 750. The topological polar surface area (TPSA) is 53.1 Å². The van der Waals surface area contributed by atoms with Crippen molar-refractivity contribution in [2.45, 2.75) is 13.5 Å². The minimum Gasteiger partial charge on any atom is -0.497 e. The highest BCUT2D eigenvalue weighted by Crippen LogP contribution is 2.28. The number of rotatable bonds is 4. The zero-order chi connectivity index (χ0) is 14.8. The molecule has 0 N–H and O–H groups in total. The molecule has 0 aliphatic heterocycles. The number of ether oxygens (including phenoxy) is 1. The van der Waals surface area contributed by atoms with Gasteiger partial charge in [-0.1, -0.05) is 0 Å². The molecule has 0 saturated heterocycles. The van der Waals surface area contributed by atoms with Crippen molar-refractivity contribution >= 4 is 0 Å². The molecule has 21 heavy (non-hydrogen) atoms. The Morgan fingerprint density at radius 2 is 2.24 bits per heavy atom. The summed E-state index contributed by atoms with van der Waals surface area (Å²) in [6, 6.07) is 4.46. The van der Waals surface area contributed by atoms with Crippen molar-refractivity contribution in [1.29, 1.82) is 0 Å². The zero-order valence-corrected chi connectivity index (χ0v) is 11.7. The molecule has 0 bridgehead atoms. The summed E-state index contributed by atoms with van der Waals surface area (Å²) >= 11 is 0. The lowest BCUT2D eigenvalue weighted by Gasteiger charge is -2.02. The number of hydrogen-bond acceptors (Lipinski definition) is 4. The standard InChI is InChI=1S/C15H14FN3O2/c1-10-14(8-19-6-5-17-9-19)18-15(21-10)12-7-11(20-2)3-4-13(12)16/h3-7,9H,8H2,1-2H3. The van der Waals surface area contributed by atoms with Crippen LogP contribution in [-0.4, -0.2) is 21.6 Å². The molecule has 108 valence electrons. The quantitative estimate of drug-likeness (QED) is 0.740. The molecule has 0 aliphatic carbocycles. The smallest absolute Gasteiger partial charge is 0.229 e. The summed E-state index contributed by atoms with van der Waals surface area (Å²) in [4.78, 5) is 8.36. The van der Waals surface area contributed by atoms with Crippen LogP contribution in [0.4, 0.5) is 4.39 Å². The van der Waals surface area contributed by atoms with Gasteiger partial charge in [0.2, 0.25) is 5.89 Å². The molecule has 2 heterocycles. The van der Waals surface area contributed by atoms with Crippen LogP contribution >= 0.6 is 0 Å². The molecular formula is C15H14FN3O2. The molecule has 0 fully saturated rings. The van der Waals surface area contributed by atoms with E-state index >= 15 is 0 Å². The average molecular weight is 287 g/mol. The van der Waals surface area contributed by atoms with Crippen molar-refractivity contribution in [3.8, 4) is 17.2 Å². The Kier molecular flexibility index (Phi) is 3.43. The maximum atomic E-state index is 13.9. The average Bonchev–Trinajstić information content (AvgIpc) is 3.11. The Balaban J connectivity index is 1.97. The molecular weight excluding hydrogens is 273 g/mol. The van der Waals surface area contributed by atoms with Crippen LogP contribution in [0.2, 0.25) is 0 Å². The molecule has 1 aromatic carbocycles. The van der Waals surface area contributed by atoms with Crippen LogP contribution in [0, 0.1) is 12.7 Å². The predicted octanol–water partition coefficient (Wildman–Crippen LogP) is 3.04. The zero-order valence-electron chi connectivity index (χ0n) is 11.7. The van der Waals surface area contributed by atoms with Gasteiger partial charge in [0.15, 0.2) is 0 Å². The third-order valence-corrected chi connectivity index (χ3v) is 3.19. The number of hydrogen-bond donors (Lipinski definition) is 0. The van der Waals surface area contributed by atoms with Gasteiger partial charge in [-0.25, -0.2) is 14.4 Å². The van der Waals surface area contributed by atoms with E-state index in [2.05, 4.69) is 9.97 Å². The van der Waals surface area contributed by atoms with Crippen LogP contribution < -0.4 is 4.74 Å². The van der Waals surface area contributed by atoms with Gasteiger partial charge in [0.25, 0.3) is 0 Å². The van der Waals surface area contributed by atoms with E-state index in [-0.39, 0.29) is 11.5 Å². The molecule has 0 saturated carbocycles. The second kappa shape index (κ2) is 5.40. The fraction of sp³-hybridized carbons (Fsp3) is 0.200. The first-order valence-electron chi connectivity index (χ1n) is 6.43. The SMILES string of the molecule is COc1ccc(F)c(-c2nc(Cn3ccnc3)c(C)o2)c1. The first kappa shape index (κ1) is 13.4. The molecule has 6 heteroatoms. The second-order valence-corrected chi connectivity index (χ2v) is 4.60.